The molecule has 2 amide bonds. The number of hydrogen-bond donors (Lipinski definition) is 3. The monoisotopic (exact) mass is 550 g/mol. The van der Waals surface area contributed by atoms with Crippen LogP contribution in [0.25, 0.3) is 10.4 Å². The van der Waals surface area contributed by atoms with Crippen LogP contribution in [0.3, 0.4) is 0 Å². The van der Waals surface area contributed by atoms with Crippen LogP contribution in [0.5, 0.6) is 5.75 Å². The second-order valence-electron chi connectivity index (χ2n) is 6.92. The third-order valence-corrected chi connectivity index (χ3v) is 8.10. The van der Waals surface area contributed by atoms with Gasteiger partial charge < -0.3 is 10.4 Å². The van der Waals surface area contributed by atoms with E-state index in [1.54, 1.807) is 48.1 Å². The van der Waals surface area contributed by atoms with E-state index in [1.807, 2.05) is 5.38 Å². The molecular weight excluding hydrogens is 535 g/mol. The molecule has 4 aromatic rings. The summed E-state index contributed by atoms with van der Waals surface area (Å²) in [6.45, 7) is 1.99. The van der Waals surface area contributed by atoms with Crippen molar-refractivity contribution >= 4 is 74.7 Å². The minimum atomic E-state index is -0.456. The largest absolute Gasteiger partial charge is 0.506 e. The molecule has 0 aliphatic carbocycles. The van der Waals surface area contributed by atoms with E-state index in [-0.39, 0.29) is 11.7 Å². The summed E-state index contributed by atoms with van der Waals surface area (Å²) in [6.07, 6.45) is 0. The molecule has 3 aromatic heterocycles. The molecule has 0 spiro atoms. The fourth-order valence-corrected chi connectivity index (χ4v) is 5.54. The van der Waals surface area contributed by atoms with Crippen LogP contribution in [0.15, 0.2) is 51.7 Å². The highest BCUT2D eigenvalue weighted by molar-refractivity contribution is 7.16. The molecule has 0 atom stereocenters. The number of amides is 2. The first-order valence-electron chi connectivity index (χ1n) is 9.69. The highest BCUT2D eigenvalue weighted by atomic mass is 35.5. The number of nitrogens with zero attached hydrogens (tertiary/aromatic N) is 2. The summed E-state index contributed by atoms with van der Waals surface area (Å²) in [7, 11) is 0. The molecule has 1 aromatic carbocycles. The predicted molar refractivity (Wildman–Crippen MR) is 139 cm³/mol. The fraction of sp³-hybridized carbons (Fsp3) is 0.0909. The average molecular weight is 552 g/mol. The Morgan fingerprint density at radius 2 is 1.85 bits per heavy atom. The average Bonchev–Trinajstić information content (AvgIpc) is 3.58. The number of hydrazone groups is 1. The van der Waals surface area contributed by atoms with Crippen LogP contribution in [0, 0.1) is 0 Å². The van der Waals surface area contributed by atoms with Gasteiger partial charge >= 0.3 is 0 Å². The summed E-state index contributed by atoms with van der Waals surface area (Å²) in [5.74, 6) is -0.703. The van der Waals surface area contributed by atoms with Gasteiger partial charge in [0.1, 0.15) is 5.75 Å². The molecule has 3 heterocycles. The molecular formula is C22H16Cl2N4O3S3. The molecule has 174 valence electrons. The van der Waals surface area contributed by atoms with Crippen molar-refractivity contribution in [1.29, 1.82) is 0 Å². The third kappa shape index (κ3) is 5.48. The van der Waals surface area contributed by atoms with Gasteiger partial charge in [-0.1, -0.05) is 29.3 Å². The lowest BCUT2D eigenvalue weighted by atomic mass is 10.1. The number of thiophene rings is 2. The Morgan fingerprint density at radius 1 is 1.09 bits per heavy atom. The normalized spacial score (nSPS) is 11.4. The summed E-state index contributed by atoms with van der Waals surface area (Å²) >= 11 is 15.9. The van der Waals surface area contributed by atoms with Crippen molar-refractivity contribution in [1.82, 2.24) is 15.7 Å². The molecule has 3 N–H and O–H groups in total. The van der Waals surface area contributed by atoms with Crippen molar-refractivity contribution in [3.8, 4) is 16.2 Å². The SMILES string of the molecule is C/C(=N\NC(=O)c1ccc(C(=O)NCc2cscn2)s1)c1csc(-c2ccc(Cl)c(Cl)c2)c1O. The lowest BCUT2D eigenvalue weighted by Gasteiger charge is -2.04. The van der Waals surface area contributed by atoms with Crippen LogP contribution in [0.1, 0.15) is 37.5 Å². The first-order chi connectivity index (χ1) is 16.3. The van der Waals surface area contributed by atoms with Gasteiger partial charge in [0.2, 0.25) is 0 Å². The Kier molecular flexibility index (Phi) is 7.64. The molecule has 12 heteroatoms. The summed E-state index contributed by atoms with van der Waals surface area (Å²) in [6, 6.07) is 8.25. The molecule has 4 rings (SSSR count). The van der Waals surface area contributed by atoms with Gasteiger partial charge in [0.25, 0.3) is 11.8 Å². The molecule has 0 fully saturated rings. The standard InChI is InChI=1S/C22H16Cl2N4O3S3/c1-11(14-9-33-20(19(14)29)12-2-3-15(23)16(24)6-12)27-28-22(31)18-5-4-17(34-18)21(30)25-7-13-8-32-10-26-13/h2-6,8-10,29H,7H2,1H3,(H,25,30)(H,28,31)/b27-11+. The second kappa shape index (κ2) is 10.7. The van der Waals surface area contributed by atoms with Crippen molar-refractivity contribution in [2.45, 2.75) is 13.5 Å². The zero-order valence-corrected chi connectivity index (χ0v) is 21.4. The van der Waals surface area contributed by atoms with Crippen LogP contribution >= 0.6 is 57.2 Å². The first kappa shape index (κ1) is 24.4. The maximum absolute atomic E-state index is 12.5. The lowest BCUT2D eigenvalue weighted by Crippen LogP contribution is -2.22. The lowest BCUT2D eigenvalue weighted by molar-refractivity contribution is 0.0949. The maximum Gasteiger partial charge on any atom is 0.281 e. The Labute approximate surface area is 216 Å². The van der Waals surface area contributed by atoms with Crippen LogP contribution in [0.4, 0.5) is 0 Å². The van der Waals surface area contributed by atoms with Gasteiger partial charge in [-0.05, 0) is 36.8 Å². The topological polar surface area (TPSA) is 104 Å². The summed E-state index contributed by atoms with van der Waals surface area (Å²) in [5, 5.41) is 22.0. The number of aromatic nitrogens is 1. The molecule has 0 unspecified atom stereocenters. The first-order valence-corrected chi connectivity index (χ1v) is 13.1. The number of rotatable bonds is 7. The van der Waals surface area contributed by atoms with Gasteiger partial charge in [0, 0.05) is 10.8 Å². The number of halogens is 2. The highest BCUT2D eigenvalue weighted by Crippen LogP contribution is 2.40. The van der Waals surface area contributed by atoms with Crippen molar-refractivity contribution in [3.63, 3.8) is 0 Å². The van der Waals surface area contributed by atoms with Crippen molar-refractivity contribution in [2.75, 3.05) is 0 Å². The fourth-order valence-electron chi connectivity index (χ4n) is 2.87. The zero-order chi connectivity index (χ0) is 24.2. The van der Waals surface area contributed by atoms with Gasteiger partial charge in [0.15, 0.2) is 0 Å². The van der Waals surface area contributed by atoms with Gasteiger partial charge in [-0.2, -0.15) is 5.10 Å². The van der Waals surface area contributed by atoms with Gasteiger partial charge in [0.05, 0.1) is 53.7 Å². The molecule has 34 heavy (non-hydrogen) atoms. The van der Waals surface area contributed by atoms with E-state index in [4.69, 9.17) is 23.2 Å². The van der Waals surface area contributed by atoms with E-state index >= 15 is 0 Å². The molecule has 0 bridgehead atoms. The van der Waals surface area contributed by atoms with Crippen molar-refractivity contribution < 1.29 is 14.7 Å². The van der Waals surface area contributed by atoms with Crippen molar-refractivity contribution in [2.24, 2.45) is 5.10 Å². The smallest absolute Gasteiger partial charge is 0.281 e. The number of carbonyl (C=O) groups excluding carboxylic acids is 2. The van der Waals surface area contributed by atoms with Crippen LogP contribution in [0.2, 0.25) is 10.0 Å². The maximum atomic E-state index is 12.5. The van der Waals surface area contributed by atoms with E-state index in [9.17, 15) is 14.7 Å². The molecule has 0 aliphatic heterocycles. The molecule has 0 radical (unpaired) electrons. The molecule has 0 saturated heterocycles. The summed E-state index contributed by atoms with van der Waals surface area (Å²) in [5.41, 5.74) is 6.57. The molecule has 0 aliphatic rings. The van der Waals surface area contributed by atoms with Crippen LogP contribution < -0.4 is 10.7 Å². The Bertz CT molecular complexity index is 1380. The van der Waals surface area contributed by atoms with E-state index in [2.05, 4.69) is 20.8 Å². The van der Waals surface area contributed by atoms with Gasteiger partial charge in [-0.15, -0.1) is 34.0 Å². The Morgan fingerprint density at radius 3 is 2.56 bits per heavy atom. The highest BCUT2D eigenvalue weighted by Gasteiger charge is 2.17. The Hall–Kier alpha value is -2.76. The molecule has 7 nitrogen and oxygen atoms in total. The summed E-state index contributed by atoms with van der Waals surface area (Å²) < 4.78 is 0. The number of hydrogen-bond acceptors (Lipinski definition) is 8. The number of aromatic hydroxyl groups is 1. The number of nitrogens with one attached hydrogen (secondary N) is 2. The van der Waals surface area contributed by atoms with Crippen LogP contribution in [-0.2, 0) is 6.54 Å². The number of benzene rings is 1. The van der Waals surface area contributed by atoms with Crippen molar-refractivity contribution in [3.05, 3.63) is 77.7 Å². The van der Waals surface area contributed by atoms with Crippen LogP contribution in [-0.4, -0.2) is 27.6 Å². The van der Waals surface area contributed by atoms with E-state index in [1.165, 1.54) is 22.7 Å². The van der Waals surface area contributed by atoms with Gasteiger partial charge in [-0.25, -0.2) is 10.4 Å². The Balaban J connectivity index is 1.41. The van der Waals surface area contributed by atoms with E-state index in [0.717, 1.165) is 22.6 Å². The third-order valence-electron chi connectivity index (χ3n) is 4.63. The number of carbonyl (C=O) groups is 2. The van der Waals surface area contributed by atoms with E-state index < -0.39 is 5.91 Å². The van der Waals surface area contributed by atoms with E-state index in [0.29, 0.717) is 42.5 Å². The number of thiazole rings is 1. The minimum Gasteiger partial charge on any atom is -0.506 e. The van der Waals surface area contributed by atoms with Gasteiger partial charge in [-0.3, -0.25) is 9.59 Å². The molecule has 0 saturated carbocycles. The minimum absolute atomic E-state index is 0.0362. The predicted octanol–water partition coefficient (Wildman–Crippen LogP) is 6.03. The summed E-state index contributed by atoms with van der Waals surface area (Å²) in [4.78, 5) is 30.3. The second-order valence-corrected chi connectivity index (χ2v) is 10.4. The zero-order valence-electron chi connectivity index (χ0n) is 17.5. The quantitative estimate of drug-likeness (QED) is 0.193.